The number of amides is 2. The third-order valence-electron chi connectivity index (χ3n) is 4.40. The van der Waals surface area contributed by atoms with E-state index in [1.807, 2.05) is 54.6 Å². The zero-order chi connectivity index (χ0) is 21.8. The highest BCUT2D eigenvalue weighted by atomic mass is 16.5. The SMILES string of the molecule is CC(C)COc1ccccc1CNC(=O)CCC(=O)N(CCC#N)c1ccccc1. The van der Waals surface area contributed by atoms with Crippen molar-refractivity contribution in [1.29, 1.82) is 5.26 Å². The van der Waals surface area contributed by atoms with Gasteiger partial charge in [0.15, 0.2) is 0 Å². The second-order valence-electron chi connectivity index (χ2n) is 7.38. The predicted octanol–water partition coefficient (Wildman–Crippen LogP) is 4.06. The lowest BCUT2D eigenvalue weighted by atomic mass is 10.2. The molecule has 0 saturated carbocycles. The van der Waals surface area contributed by atoms with Crippen LogP contribution < -0.4 is 15.0 Å². The summed E-state index contributed by atoms with van der Waals surface area (Å²) in [6.45, 7) is 5.42. The quantitative estimate of drug-likeness (QED) is 0.609. The minimum Gasteiger partial charge on any atom is -0.493 e. The van der Waals surface area contributed by atoms with E-state index in [0.717, 1.165) is 17.0 Å². The van der Waals surface area contributed by atoms with Gasteiger partial charge in [0.1, 0.15) is 5.75 Å². The molecule has 2 amide bonds. The van der Waals surface area contributed by atoms with Crippen LogP contribution in [0.3, 0.4) is 0 Å². The molecule has 1 N–H and O–H groups in total. The fraction of sp³-hybridized carbons (Fsp3) is 0.375. The maximum atomic E-state index is 12.6. The number of carbonyl (C=O) groups excluding carboxylic acids is 2. The van der Waals surface area contributed by atoms with E-state index in [9.17, 15) is 9.59 Å². The maximum absolute atomic E-state index is 12.6. The fourth-order valence-electron chi connectivity index (χ4n) is 2.85. The standard InChI is InChI=1S/C24H29N3O3/c1-19(2)18-30-22-12-7-6-9-20(22)17-26-23(28)13-14-24(29)27(16-8-15-25)21-10-4-3-5-11-21/h3-7,9-12,19H,8,13-14,16-18H2,1-2H3,(H,26,28). The van der Waals surface area contributed by atoms with Gasteiger partial charge in [0.05, 0.1) is 19.1 Å². The molecule has 0 saturated heterocycles. The largest absolute Gasteiger partial charge is 0.493 e. The number of nitrogens with zero attached hydrogens (tertiary/aromatic N) is 2. The topological polar surface area (TPSA) is 82.4 Å². The van der Waals surface area contributed by atoms with Gasteiger partial charge in [-0.3, -0.25) is 9.59 Å². The van der Waals surface area contributed by atoms with Crippen molar-refractivity contribution < 1.29 is 14.3 Å². The van der Waals surface area contributed by atoms with Crippen LogP contribution in [0.2, 0.25) is 0 Å². The number of hydrogen-bond donors (Lipinski definition) is 1. The number of para-hydroxylation sites is 2. The van der Waals surface area contributed by atoms with Crippen LogP contribution in [0.4, 0.5) is 5.69 Å². The highest BCUT2D eigenvalue weighted by Gasteiger charge is 2.17. The minimum atomic E-state index is -0.199. The molecule has 2 aromatic rings. The second kappa shape index (κ2) is 12.3. The molecule has 30 heavy (non-hydrogen) atoms. The number of rotatable bonds is 11. The third-order valence-corrected chi connectivity index (χ3v) is 4.40. The molecule has 0 aliphatic heterocycles. The van der Waals surface area contributed by atoms with Crippen LogP contribution in [0.15, 0.2) is 54.6 Å². The van der Waals surface area contributed by atoms with E-state index < -0.39 is 0 Å². The van der Waals surface area contributed by atoms with Crippen LogP contribution in [0.25, 0.3) is 0 Å². The van der Waals surface area contributed by atoms with E-state index in [2.05, 4.69) is 25.2 Å². The lowest BCUT2D eigenvalue weighted by molar-refractivity contribution is -0.125. The van der Waals surface area contributed by atoms with Gasteiger partial charge in [0.2, 0.25) is 11.8 Å². The Labute approximate surface area is 178 Å². The van der Waals surface area contributed by atoms with Crippen molar-refractivity contribution in [1.82, 2.24) is 5.32 Å². The minimum absolute atomic E-state index is 0.0810. The van der Waals surface area contributed by atoms with Crippen LogP contribution >= 0.6 is 0 Å². The first-order chi connectivity index (χ1) is 14.5. The molecule has 6 heteroatoms. The molecule has 0 unspecified atom stereocenters. The molecular formula is C24H29N3O3. The van der Waals surface area contributed by atoms with Crippen molar-refractivity contribution in [2.24, 2.45) is 5.92 Å². The summed E-state index contributed by atoms with van der Waals surface area (Å²) in [5.41, 5.74) is 1.63. The average Bonchev–Trinajstić information content (AvgIpc) is 2.76. The molecule has 0 radical (unpaired) electrons. The summed E-state index contributed by atoms with van der Waals surface area (Å²) in [6, 6.07) is 18.9. The maximum Gasteiger partial charge on any atom is 0.227 e. The molecule has 158 valence electrons. The normalized spacial score (nSPS) is 10.3. The molecule has 0 aliphatic carbocycles. The van der Waals surface area contributed by atoms with E-state index in [-0.39, 0.29) is 31.1 Å². The Kier molecular flexibility index (Phi) is 9.39. The number of nitrogens with one attached hydrogen (secondary N) is 1. The zero-order valence-corrected chi connectivity index (χ0v) is 17.6. The van der Waals surface area contributed by atoms with Crippen LogP contribution in [0.1, 0.15) is 38.7 Å². The average molecular weight is 408 g/mol. The van der Waals surface area contributed by atoms with E-state index in [0.29, 0.717) is 25.6 Å². The molecule has 0 fully saturated rings. The Bertz CT molecular complexity index is 859. The van der Waals surface area contributed by atoms with E-state index in [1.165, 1.54) is 0 Å². The molecular weight excluding hydrogens is 378 g/mol. The molecule has 0 spiro atoms. The van der Waals surface area contributed by atoms with E-state index in [1.54, 1.807) is 4.90 Å². The molecule has 2 aromatic carbocycles. The number of hydrogen-bond acceptors (Lipinski definition) is 4. The summed E-state index contributed by atoms with van der Waals surface area (Å²) in [5.74, 6) is 0.796. The highest BCUT2D eigenvalue weighted by Crippen LogP contribution is 2.19. The van der Waals surface area contributed by atoms with Gasteiger partial charge in [-0.05, 0) is 24.1 Å². The molecule has 2 rings (SSSR count). The Morgan fingerprint density at radius 3 is 2.47 bits per heavy atom. The fourth-order valence-corrected chi connectivity index (χ4v) is 2.85. The molecule has 0 bridgehead atoms. The number of nitriles is 1. The first kappa shape index (κ1) is 23.0. The smallest absolute Gasteiger partial charge is 0.227 e. The van der Waals surface area contributed by atoms with Gasteiger partial charge in [-0.15, -0.1) is 0 Å². The van der Waals surface area contributed by atoms with Crippen LogP contribution in [-0.4, -0.2) is 25.0 Å². The summed E-state index contributed by atoms with van der Waals surface area (Å²) in [6.07, 6.45) is 0.404. The van der Waals surface area contributed by atoms with Gasteiger partial charge >= 0.3 is 0 Å². The van der Waals surface area contributed by atoms with Crippen molar-refractivity contribution in [3.63, 3.8) is 0 Å². The summed E-state index contributed by atoms with van der Waals surface area (Å²) in [5, 5.41) is 11.7. The van der Waals surface area contributed by atoms with E-state index in [4.69, 9.17) is 10.00 Å². The molecule has 0 atom stereocenters. The number of ether oxygens (including phenoxy) is 1. The van der Waals surface area contributed by atoms with Gasteiger partial charge < -0.3 is 15.0 Å². The van der Waals surface area contributed by atoms with Crippen LogP contribution in [-0.2, 0) is 16.1 Å². The molecule has 0 aromatic heterocycles. The molecule has 0 aliphatic rings. The summed E-state index contributed by atoms with van der Waals surface area (Å²) >= 11 is 0. The molecule has 6 nitrogen and oxygen atoms in total. The molecule has 0 heterocycles. The van der Waals surface area contributed by atoms with Crippen molar-refractivity contribution in [3.8, 4) is 11.8 Å². The van der Waals surface area contributed by atoms with Gasteiger partial charge in [-0.2, -0.15) is 5.26 Å². The Hall–Kier alpha value is -3.33. The van der Waals surface area contributed by atoms with Crippen molar-refractivity contribution in [2.75, 3.05) is 18.1 Å². The lowest BCUT2D eigenvalue weighted by Crippen LogP contribution is -2.33. The zero-order valence-electron chi connectivity index (χ0n) is 17.6. The van der Waals surface area contributed by atoms with Gasteiger partial charge in [-0.25, -0.2) is 0 Å². The second-order valence-corrected chi connectivity index (χ2v) is 7.38. The number of carbonyl (C=O) groups is 2. The number of anilines is 1. The van der Waals surface area contributed by atoms with Gasteiger partial charge in [0.25, 0.3) is 0 Å². The predicted molar refractivity (Wildman–Crippen MR) is 117 cm³/mol. The monoisotopic (exact) mass is 407 g/mol. The summed E-state index contributed by atoms with van der Waals surface area (Å²) in [7, 11) is 0. The highest BCUT2D eigenvalue weighted by molar-refractivity contribution is 5.95. The van der Waals surface area contributed by atoms with Gasteiger partial charge in [-0.1, -0.05) is 50.2 Å². The van der Waals surface area contributed by atoms with Gasteiger partial charge in [0, 0.05) is 37.2 Å². The van der Waals surface area contributed by atoms with Crippen molar-refractivity contribution in [2.45, 2.75) is 39.7 Å². The van der Waals surface area contributed by atoms with Crippen molar-refractivity contribution in [3.05, 3.63) is 60.2 Å². The lowest BCUT2D eigenvalue weighted by Gasteiger charge is -2.21. The van der Waals surface area contributed by atoms with Crippen LogP contribution in [0.5, 0.6) is 5.75 Å². The third kappa shape index (κ3) is 7.59. The summed E-state index contributed by atoms with van der Waals surface area (Å²) in [4.78, 5) is 26.5. The first-order valence-electron chi connectivity index (χ1n) is 10.2. The first-order valence-corrected chi connectivity index (χ1v) is 10.2. The Morgan fingerprint density at radius 1 is 1.07 bits per heavy atom. The summed E-state index contributed by atoms with van der Waals surface area (Å²) < 4.78 is 5.81. The Morgan fingerprint density at radius 2 is 1.77 bits per heavy atom. The van der Waals surface area contributed by atoms with Crippen molar-refractivity contribution >= 4 is 17.5 Å². The number of benzene rings is 2. The Balaban J connectivity index is 1.88. The van der Waals surface area contributed by atoms with Crippen LogP contribution in [0, 0.1) is 17.2 Å². The van der Waals surface area contributed by atoms with E-state index >= 15 is 0 Å².